The smallest absolute Gasteiger partial charge is 0.128 e. The Morgan fingerprint density at radius 2 is 1.90 bits per heavy atom. The first-order chi connectivity index (χ1) is 10.2. The molecule has 106 valence electrons. The van der Waals surface area contributed by atoms with Crippen LogP contribution >= 0.6 is 15.9 Å². The standard InChI is InChI=1S/C17H14BrFN2/c1-20-17(14-8-12(18)6-7-16(14)19)15-10-21-9-11-4-2-3-5-13(11)15/h2-10,17,20H,1H3. The molecule has 3 aromatic rings. The molecule has 0 bridgehead atoms. The summed E-state index contributed by atoms with van der Waals surface area (Å²) in [4.78, 5) is 4.29. The van der Waals surface area contributed by atoms with E-state index in [2.05, 4.69) is 26.2 Å². The van der Waals surface area contributed by atoms with Gasteiger partial charge in [-0.05, 0) is 36.2 Å². The van der Waals surface area contributed by atoms with Crippen LogP contribution in [-0.4, -0.2) is 12.0 Å². The van der Waals surface area contributed by atoms with Crippen LogP contribution in [-0.2, 0) is 0 Å². The highest BCUT2D eigenvalue weighted by Crippen LogP contribution is 2.30. The zero-order valence-corrected chi connectivity index (χ0v) is 13.1. The maximum absolute atomic E-state index is 14.2. The molecule has 0 radical (unpaired) electrons. The number of nitrogens with zero attached hydrogens (tertiary/aromatic N) is 1. The van der Waals surface area contributed by atoms with Crippen LogP contribution in [0.1, 0.15) is 17.2 Å². The van der Waals surface area contributed by atoms with Gasteiger partial charge in [0.25, 0.3) is 0 Å². The fraction of sp³-hybridized carbons (Fsp3) is 0.118. The number of pyridine rings is 1. The first kappa shape index (κ1) is 14.2. The monoisotopic (exact) mass is 344 g/mol. The molecule has 0 aliphatic carbocycles. The van der Waals surface area contributed by atoms with E-state index in [1.807, 2.05) is 37.5 Å². The molecule has 0 saturated carbocycles. The molecule has 0 saturated heterocycles. The zero-order chi connectivity index (χ0) is 14.8. The Labute approximate surface area is 131 Å². The first-order valence-corrected chi connectivity index (χ1v) is 7.45. The molecule has 4 heteroatoms. The highest BCUT2D eigenvalue weighted by Gasteiger charge is 2.19. The van der Waals surface area contributed by atoms with Gasteiger partial charge in [-0.1, -0.05) is 40.2 Å². The number of hydrogen-bond acceptors (Lipinski definition) is 2. The first-order valence-electron chi connectivity index (χ1n) is 6.65. The van der Waals surface area contributed by atoms with Gasteiger partial charge in [0, 0.05) is 27.8 Å². The van der Waals surface area contributed by atoms with Gasteiger partial charge in [0.15, 0.2) is 0 Å². The molecule has 1 unspecified atom stereocenters. The Morgan fingerprint density at radius 3 is 2.71 bits per heavy atom. The highest BCUT2D eigenvalue weighted by molar-refractivity contribution is 9.10. The minimum absolute atomic E-state index is 0.231. The van der Waals surface area contributed by atoms with Crippen molar-refractivity contribution in [2.24, 2.45) is 0 Å². The second-order valence-corrected chi connectivity index (χ2v) is 5.75. The van der Waals surface area contributed by atoms with Crippen LogP contribution in [0, 0.1) is 5.82 Å². The number of nitrogens with one attached hydrogen (secondary N) is 1. The molecule has 0 aliphatic rings. The summed E-state index contributed by atoms with van der Waals surface area (Å²) in [5.41, 5.74) is 1.57. The number of halogens is 2. The summed E-state index contributed by atoms with van der Waals surface area (Å²) in [7, 11) is 1.83. The second-order valence-electron chi connectivity index (χ2n) is 4.84. The van der Waals surface area contributed by atoms with Crippen molar-refractivity contribution in [2.75, 3.05) is 7.05 Å². The lowest BCUT2D eigenvalue weighted by Gasteiger charge is -2.19. The lowest BCUT2D eigenvalue weighted by atomic mass is 9.95. The van der Waals surface area contributed by atoms with Crippen LogP contribution in [0.25, 0.3) is 10.8 Å². The normalized spacial score (nSPS) is 12.5. The lowest BCUT2D eigenvalue weighted by Crippen LogP contribution is -2.19. The van der Waals surface area contributed by atoms with Crippen molar-refractivity contribution < 1.29 is 4.39 Å². The molecule has 0 aliphatic heterocycles. The summed E-state index contributed by atoms with van der Waals surface area (Å²) in [6, 6.07) is 12.7. The van der Waals surface area contributed by atoms with Gasteiger partial charge in [0.05, 0.1) is 6.04 Å². The Kier molecular flexibility index (Phi) is 3.99. The third-order valence-electron chi connectivity index (χ3n) is 3.57. The average molecular weight is 345 g/mol. The Hall–Kier alpha value is -1.78. The topological polar surface area (TPSA) is 24.9 Å². The van der Waals surface area contributed by atoms with Crippen molar-refractivity contribution >= 4 is 26.7 Å². The van der Waals surface area contributed by atoms with Crippen LogP contribution in [0.15, 0.2) is 59.3 Å². The number of benzene rings is 2. The molecule has 2 aromatic carbocycles. The third kappa shape index (κ3) is 2.69. The minimum Gasteiger partial charge on any atom is -0.309 e. The van der Waals surface area contributed by atoms with Gasteiger partial charge in [-0.15, -0.1) is 0 Å². The summed E-state index contributed by atoms with van der Waals surface area (Å²) in [5.74, 6) is -0.231. The molecule has 3 rings (SSSR count). The van der Waals surface area contributed by atoms with Gasteiger partial charge in [-0.2, -0.15) is 0 Å². The highest BCUT2D eigenvalue weighted by atomic mass is 79.9. The number of fused-ring (bicyclic) bond motifs is 1. The van der Waals surface area contributed by atoms with E-state index >= 15 is 0 Å². The molecular formula is C17H14BrFN2. The van der Waals surface area contributed by atoms with E-state index < -0.39 is 0 Å². The van der Waals surface area contributed by atoms with E-state index in [-0.39, 0.29) is 11.9 Å². The van der Waals surface area contributed by atoms with Crippen molar-refractivity contribution in [2.45, 2.75) is 6.04 Å². The fourth-order valence-corrected chi connectivity index (χ4v) is 2.96. The maximum atomic E-state index is 14.2. The molecule has 0 fully saturated rings. The van der Waals surface area contributed by atoms with Crippen molar-refractivity contribution in [1.82, 2.24) is 10.3 Å². The molecule has 1 N–H and O–H groups in total. The van der Waals surface area contributed by atoms with Crippen molar-refractivity contribution in [3.8, 4) is 0 Å². The number of hydrogen-bond donors (Lipinski definition) is 1. The quantitative estimate of drug-likeness (QED) is 0.759. The summed E-state index contributed by atoms with van der Waals surface area (Å²) >= 11 is 3.41. The van der Waals surface area contributed by atoms with Gasteiger partial charge < -0.3 is 5.32 Å². The Morgan fingerprint density at radius 1 is 1.10 bits per heavy atom. The van der Waals surface area contributed by atoms with E-state index in [9.17, 15) is 4.39 Å². The molecule has 0 amide bonds. The molecule has 21 heavy (non-hydrogen) atoms. The fourth-order valence-electron chi connectivity index (χ4n) is 2.58. The summed E-state index contributed by atoms with van der Waals surface area (Å²) in [6.07, 6.45) is 3.62. The molecule has 1 heterocycles. The van der Waals surface area contributed by atoms with Crippen LogP contribution < -0.4 is 5.32 Å². The predicted octanol–water partition coefficient (Wildman–Crippen LogP) is 4.45. The zero-order valence-electron chi connectivity index (χ0n) is 11.5. The second kappa shape index (κ2) is 5.92. The van der Waals surface area contributed by atoms with Crippen molar-refractivity contribution in [3.63, 3.8) is 0 Å². The number of rotatable bonds is 3. The SMILES string of the molecule is CNC(c1cc(Br)ccc1F)c1cncc2ccccc12. The Bertz CT molecular complexity index is 783. The van der Waals surface area contributed by atoms with Crippen molar-refractivity contribution in [1.29, 1.82) is 0 Å². The largest absolute Gasteiger partial charge is 0.309 e. The third-order valence-corrected chi connectivity index (χ3v) is 4.06. The van der Waals surface area contributed by atoms with Crippen LogP contribution in [0.5, 0.6) is 0 Å². The van der Waals surface area contributed by atoms with E-state index in [1.165, 1.54) is 6.07 Å². The van der Waals surface area contributed by atoms with E-state index in [4.69, 9.17) is 0 Å². The van der Waals surface area contributed by atoms with Gasteiger partial charge in [-0.25, -0.2) is 4.39 Å². The molecule has 1 aromatic heterocycles. The minimum atomic E-state index is -0.249. The van der Waals surface area contributed by atoms with Crippen LogP contribution in [0.3, 0.4) is 0 Å². The molecule has 1 atom stereocenters. The summed E-state index contributed by atoms with van der Waals surface area (Å²) < 4.78 is 15.1. The summed E-state index contributed by atoms with van der Waals surface area (Å²) in [5, 5.41) is 5.32. The van der Waals surface area contributed by atoms with E-state index in [0.29, 0.717) is 5.56 Å². The summed E-state index contributed by atoms with van der Waals surface area (Å²) in [6.45, 7) is 0. The van der Waals surface area contributed by atoms with E-state index in [1.54, 1.807) is 18.3 Å². The van der Waals surface area contributed by atoms with Gasteiger partial charge in [-0.3, -0.25) is 4.98 Å². The van der Waals surface area contributed by atoms with Gasteiger partial charge in [0.1, 0.15) is 5.82 Å². The Balaban J connectivity index is 2.21. The van der Waals surface area contributed by atoms with Crippen molar-refractivity contribution in [3.05, 3.63) is 76.3 Å². The average Bonchev–Trinajstić information content (AvgIpc) is 2.51. The van der Waals surface area contributed by atoms with Gasteiger partial charge >= 0.3 is 0 Å². The van der Waals surface area contributed by atoms with Crippen LogP contribution in [0.4, 0.5) is 4.39 Å². The maximum Gasteiger partial charge on any atom is 0.128 e. The molecule has 0 spiro atoms. The predicted molar refractivity (Wildman–Crippen MR) is 86.7 cm³/mol. The van der Waals surface area contributed by atoms with E-state index in [0.717, 1.165) is 20.8 Å². The van der Waals surface area contributed by atoms with Crippen LogP contribution in [0.2, 0.25) is 0 Å². The molecular weight excluding hydrogens is 331 g/mol. The van der Waals surface area contributed by atoms with Gasteiger partial charge in [0.2, 0.25) is 0 Å². The molecule has 2 nitrogen and oxygen atoms in total. The number of aromatic nitrogens is 1. The lowest BCUT2D eigenvalue weighted by molar-refractivity contribution is 0.576.